The number of carbonyl (C=O) groups excluding carboxylic acids is 2. The quantitative estimate of drug-likeness (QED) is 0.640. The van der Waals surface area contributed by atoms with Gasteiger partial charge in [0, 0.05) is 18.7 Å². The van der Waals surface area contributed by atoms with Gasteiger partial charge in [0.05, 0.1) is 6.54 Å². The van der Waals surface area contributed by atoms with Crippen LogP contribution >= 0.6 is 0 Å². The monoisotopic (exact) mass is 286 g/mol. The highest BCUT2D eigenvalue weighted by atomic mass is 16.5. The molecule has 5 nitrogen and oxygen atoms in total. The van der Waals surface area contributed by atoms with Gasteiger partial charge in [0.25, 0.3) is 0 Å². The van der Waals surface area contributed by atoms with Gasteiger partial charge in [-0.1, -0.05) is 24.0 Å². The zero-order valence-corrected chi connectivity index (χ0v) is 12.1. The van der Waals surface area contributed by atoms with Gasteiger partial charge in [0.1, 0.15) is 12.4 Å². The molecule has 1 rings (SSSR count). The second-order valence-electron chi connectivity index (χ2n) is 4.07. The molecule has 1 aromatic carbocycles. The standard InChI is InChI=1S/C16H18N2O3/c1-3-7-16(20)17-10-4-5-11-21-15-9-6-8-14(12-15)18-13(2)19/h3,6-9,12H,10-11H2,1-2H3,(H,17,20)(H,18,19)/b7-3+. The smallest absolute Gasteiger partial charge is 0.244 e. The highest BCUT2D eigenvalue weighted by Gasteiger charge is 1.97. The number of hydrogen-bond acceptors (Lipinski definition) is 3. The number of anilines is 1. The van der Waals surface area contributed by atoms with Crippen molar-refractivity contribution in [1.82, 2.24) is 5.32 Å². The van der Waals surface area contributed by atoms with Gasteiger partial charge in [0.15, 0.2) is 0 Å². The number of hydrogen-bond donors (Lipinski definition) is 2. The fraction of sp³-hybridized carbons (Fsp3) is 0.250. The van der Waals surface area contributed by atoms with Crippen molar-refractivity contribution < 1.29 is 14.3 Å². The topological polar surface area (TPSA) is 67.4 Å². The lowest BCUT2D eigenvalue weighted by Crippen LogP contribution is -2.21. The van der Waals surface area contributed by atoms with E-state index in [0.717, 1.165) is 0 Å². The van der Waals surface area contributed by atoms with Gasteiger partial charge in [-0.25, -0.2) is 0 Å². The zero-order valence-electron chi connectivity index (χ0n) is 12.1. The number of carbonyl (C=O) groups is 2. The highest BCUT2D eigenvalue weighted by Crippen LogP contribution is 2.16. The first kappa shape index (κ1) is 16.3. The maximum absolute atomic E-state index is 11.1. The molecule has 2 N–H and O–H groups in total. The first-order valence-corrected chi connectivity index (χ1v) is 6.48. The van der Waals surface area contributed by atoms with Gasteiger partial charge < -0.3 is 15.4 Å². The minimum absolute atomic E-state index is 0.135. The average molecular weight is 286 g/mol. The molecule has 0 aliphatic carbocycles. The molecule has 1 aromatic rings. The molecule has 0 saturated carbocycles. The van der Waals surface area contributed by atoms with Crippen molar-refractivity contribution >= 4 is 17.5 Å². The van der Waals surface area contributed by atoms with Crippen molar-refractivity contribution in [2.75, 3.05) is 18.5 Å². The molecule has 110 valence electrons. The SMILES string of the molecule is C/C=C/C(=O)NCC#CCOc1cccc(NC(C)=O)c1. The molecular formula is C16H18N2O3. The summed E-state index contributed by atoms with van der Waals surface area (Å²) in [5.41, 5.74) is 0.673. The summed E-state index contributed by atoms with van der Waals surface area (Å²) in [6, 6.07) is 7.06. The van der Waals surface area contributed by atoms with Crippen LogP contribution < -0.4 is 15.4 Å². The lowest BCUT2D eigenvalue weighted by Gasteiger charge is -2.05. The van der Waals surface area contributed by atoms with Crippen LogP contribution in [-0.4, -0.2) is 25.0 Å². The van der Waals surface area contributed by atoms with Crippen molar-refractivity contribution in [2.24, 2.45) is 0 Å². The highest BCUT2D eigenvalue weighted by molar-refractivity contribution is 5.88. The van der Waals surface area contributed by atoms with E-state index in [-0.39, 0.29) is 25.0 Å². The van der Waals surface area contributed by atoms with Crippen LogP contribution in [0.5, 0.6) is 5.75 Å². The zero-order chi connectivity index (χ0) is 15.5. The van der Waals surface area contributed by atoms with E-state index in [2.05, 4.69) is 22.5 Å². The van der Waals surface area contributed by atoms with Crippen molar-refractivity contribution in [2.45, 2.75) is 13.8 Å². The number of ether oxygens (including phenoxy) is 1. The lowest BCUT2D eigenvalue weighted by atomic mass is 10.3. The summed E-state index contributed by atoms with van der Waals surface area (Å²) in [6.07, 6.45) is 3.10. The molecule has 0 bridgehead atoms. The minimum Gasteiger partial charge on any atom is -0.481 e. The molecule has 0 atom stereocenters. The van der Waals surface area contributed by atoms with Gasteiger partial charge >= 0.3 is 0 Å². The first-order chi connectivity index (χ1) is 10.1. The van der Waals surface area contributed by atoms with Gasteiger partial charge in [-0.05, 0) is 25.1 Å². The van der Waals surface area contributed by atoms with Crippen LogP contribution in [0.25, 0.3) is 0 Å². The van der Waals surface area contributed by atoms with E-state index in [4.69, 9.17) is 4.74 Å². The Bertz CT molecular complexity index is 583. The molecular weight excluding hydrogens is 268 g/mol. The van der Waals surface area contributed by atoms with Crippen molar-refractivity contribution in [3.63, 3.8) is 0 Å². The average Bonchev–Trinajstić information content (AvgIpc) is 2.42. The van der Waals surface area contributed by atoms with E-state index < -0.39 is 0 Å². The van der Waals surface area contributed by atoms with Gasteiger partial charge in [-0.2, -0.15) is 0 Å². The number of benzene rings is 1. The number of rotatable bonds is 5. The van der Waals surface area contributed by atoms with E-state index in [1.54, 1.807) is 37.3 Å². The molecule has 0 aliphatic heterocycles. The predicted octanol–water partition coefficient (Wildman–Crippen LogP) is 1.72. The normalized spacial score (nSPS) is 9.62. The van der Waals surface area contributed by atoms with Gasteiger partial charge in [-0.3, -0.25) is 9.59 Å². The summed E-state index contributed by atoms with van der Waals surface area (Å²) in [5.74, 6) is 5.89. The first-order valence-electron chi connectivity index (χ1n) is 6.48. The van der Waals surface area contributed by atoms with Crippen LogP contribution in [0.3, 0.4) is 0 Å². The van der Waals surface area contributed by atoms with Crippen molar-refractivity contribution in [3.8, 4) is 17.6 Å². The van der Waals surface area contributed by atoms with Crippen LogP contribution in [-0.2, 0) is 9.59 Å². The Kier molecular flexibility index (Phi) is 7.15. The van der Waals surface area contributed by atoms with Crippen LogP contribution in [0, 0.1) is 11.8 Å². The summed E-state index contributed by atoms with van der Waals surface area (Å²) < 4.78 is 5.43. The van der Waals surface area contributed by atoms with Crippen molar-refractivity contribution in [1.29, 1.82) is 0 Å². The Morgan fingerprint density at radius 3 is 2.86 bits per heavy atom. The Hall–Kier alpha value is -2.74. The number of nitrogens with one attached hydrogen (secondary N) is 2. The molecule has 0 heterocycles. The van der Waals surface area contributed by atoms with E-state index in [1.807, 2.05) is 0 Å². The third-order valence-corrected chi connectivity index (χ3v) is 2.26. The summed E-state index contributed by atoms with van der Waals surface area (Å²) >= 11 is 0. The molecule has 0 spiro atoms. The van der Waals surface area contributed by atoms with Gasteiger partial charge in [-0.15, -0.1) is 0 Å². The molecule has 0 unspecified atom stereocenters. The summed E-state index contributed by atoms with van der Waals surface area (Å²) in [7, 11) is 0. The summed E-state index contributed by atoms with van der Waals surface area (Å²) in [6.45, 7) is 3.71. The molecule has 21 heavy (non-hydrogen) atoms. The summed E-state index contributed by atoms with van der Waals surface area (Å²) in [5, 5.41) is 5.28. The van der Waals surface area contributed by atoms with Crippen molar-refractivity contribution in [3.05, 3.63) is 36.4 Å². The molecule has 0 saturated heterocycles. The largest absolute Gasteiger partial charge is 0.481 e. The van der Waals surface area contributed by atoms with Gasteiger partial charge in [0.2, 0.25) is 11.8 Å². The summed E-state index contributed by atoms with van der Waals surface area (Å²) in [4.78, 5) is 22.0. The molecule has 0 radical (unpaired) electrons. The maximum Gasteiger partial charge on any atom is 0.244 e. The van der Waals surface area contributed by atoms with E-state index in [9.17, 15) is 9.59 Å². The Labute approximate surface area is 124 Å². The van der Waals surface area contributed by atoms with E-state index in [0.29, 0.717) is 11.4 Å². The lowest BCUT2D eigenvalue weighted by molar-refractivity contribution is -0.116. The number of allylic oxidation sites excluding steroid dienone is 1. The number of amides is 2. The second-order valence-corrected chi connectivity index (χ2v) is 4.07. The Morgan fingerprint density at radius 2 is 2.14 bits per heavy atom. The molecule has 5 heteroatoms. The third-order valence-electron chi connectivity index (χ3n) is 2.26. The van der Waals surface area contributed by atoms with Crippen LogP contribution in [0.15, 0.2) is 36.4 Å². The fourth-order valence-electron chi connectivity index (χ4n) is 1.44. The second kappa shape index (κ2) is 9.21. The maximum atomic E-state index is 11.1. The van der Waals surface area contributed by atoms with E-state index >= 15 is 0 Å². The Morgan fingerprint density at radius 1 is 1.33 bits per heavy atom. The molecule has 0 aliphatic rings. The van der Waals surface area contributed by atoms with E-state index in [1.165, 1.54) is 13.0 Å². The molecule has 0 fully saturated rings. The predicted molar refractivity (Wildman–Crippen MR) is 81.8 cm³/mol. The van der Waals surface area contributed by atoms with Crippen LogP contribution in [0.4, 0.5) is 5.69 Å². The fourth-order valence-corrected chi connectivity index (χ4v) is 1.44. The van der Waals surface area contributed by atoms with Crippen LogP contribution in [0.1, 0.15) is 13.8 Å². The Balaban J connectivity index is 2.36. The molecule has 0 aromatic heterocycles. The third kappa shape index (κ3) is 7.43. The molecule has 2 amide bonds. The van der Waals surface area contributed by atoms with Crippen LogP contribution in [0.2, 0.25) is 0 Å². The minimum atomic E-state index is -0.171.